The van der Waals surface area contributed by atoms with Crippen molar-refractivity contribution in [3.8, 4) is 0 Å². The first-order valence-electron chi connectivity index (χ1n) is 6.86. The van der Waals surface area contributed by atoms with Gasteiger partial charge in [-0.1, -0.05) is 63.3 Å². The number of aliphatic hydroxyl groups is 1. The molecule has 0 bridgehead atoms. The lowest BCUT2D eigenvalue weighted by atomic mass is 9.87. The molecule has 0 fully saturated rings. The van der Waals surface area contributed by atoms with Crippen molar-refractivity contribution >= 4 is 0 Å². The lowest BCUT2D eigenvalue weighted by Crippen LogP contribution is -2.22. The highest BCUT2D eigenvalue weighted by Gasteiger charge is 2.23. The van der Waals surface area contributed by atoms with E-state index < -0.39 is 5.60 Å². The van der Waals surface area contributed by atoms with Crippen LogP contribution in [-0.4, -0.2) is 5.11 Å². The summed E-state index contributed by atoms with van der Waals surface area (Å²) in [6.07, 6.45) is 7.08. The summed E-state index contributed by atoms with van der Waals surface area (Å²) < 4.78 is 0. The van der Waals surface area contributed by atoms with E-state index in [9.17, 15) is 5.11 Å². The third kappa shape index (κ3) is 4.51. The van der Waals surface area contributed by atoms with E-state index in [1.165, 1.54) is 31.2 Å². The van der Waals surface area contributed by atoms with Crippen molar-refractivity contribution in [1.29, 1.82) is 0 Å². The zero-order valence-electron chi connectivity index (χ0n) is 11.5. The SMILES string of the molecule is CCCCCCCC(C)(O)c1ccccc1C. The zero-order valence-corrected chi connectivity index (χ0v) is 11.5. The average molecular weight is 234 g/mol. The fourth-order valence-electron chi connectivity index (χ4n) is 2.38. The molecule has 1 aromatic carbocycles. The predicted molar refractivity (Wildman–Crippen MR) is 74.1 cm³/mol. The highest BCUT2D eigenvalue weighted by molar-refractivity contribution is 5.30. The van der Waals surface area contributed by atoms with Gasteiger partial charge in [0.1, 0.15) is 0 Å². The van der Waals surface area contributed by atoms with Gasteiger partial charge in [-0.2, -0.15) is 0 Å². The van der Waals surface area contributed by atoms with Crippen molar-refractivity contribution in [2.24, 2.45) is 0 Å². The molecule has 0 amide bonds. The third-order valence-corrected chi connectivity index (χ3v) is 3.49. The molecule has 0 radical (unpaired) electrons. The number of hydrogen-bond donors (Lipinski definition) is 1. The van der Waals surface area contributed by atoms with Gasteiger partial charge in [0.05, 0.1) is 5.60 Å². The maximum absolute atomic E-state index is 10.5. The van der Waals surface area contributed by atoms with Crippen molar-refractivity contribution in [3.63, 3.8) is 0 Å². The second-order valence-corrected chi connectivity index (χ2v) is 5.25. The molecule has 0 saturated carbocycles. The van der Waals surface area contributed by atoms with Crippen molar-refractivity contribution in [2.45, 2.75) is 64.9 Å². The Morgan fingerprint density at radius 1 is 1.06 bits per heavy atom. The van der Waals surface area contributed by atoms with E-state index >= 15 is 0 Å². The van der Waals surface area contributed by atoms with Crippen LogP contribution in [0.2, 0.25) is 0 Å². The Hall–Kier alpha value is -0.820. The molecule has 0 aliphatic heterocycles. The van der Waals surface area contributed by atoms with Gasteiger partial charge in [-0.05, 0) is 31.4 Å². The van der Waals surface area contributed by atoms with Gasteiger partial charge in [-0.25, -0.2) is 0 Å². The minimum Gasteiger partial charge on any atom is -0.385 e. The van der Waals surface area contributed by atoms with Gasteiger partial charge in [0, 0.05) is 0 Å². The Bertz CT molecular complexity index is 328. The number of hydrogen-bond acceptors (Lipinski definition) is 1. The van der Waals surface area contributed by atoms with Gasteiger partial charge in [0.25, 0.3) is 0 Å². The fourth-order valence-corrected chi connectivity index (χ4v) is 2.38. The van der Waals surface area contributed by atoms with Crippen LogP contribution in [0, 0.1) is 6.92 Å². The Labute approximate surface area is 106 Å². The van der Waals surface area contributed by atoms with Gasteiger partial charge in [-0.3, -0.25) is 0 Å². The highest BCUT2D eigenvalue weighted by Crippen LogP contribution is 2.29. The topological polar surface area (TPSA) is 20.2 Å². The van der Waals surface area contributed by atoms with E-state index in [1.807, 2.05) is 25.1 Å². The van der Waals surface area contributed by atoms with E-state index in [-0.39, 0.29) is 0 Å². The van der Waals surface area contributed by atoms with Gasteiger partial charge in [0.2, 0.25) is 0 Å². The Kier molecular flexibility index (Phi) is 5.70. The first-order valence-corrected chi connectivity index (χ1v) is 6.86. The first-order chi connectivity index (χ1) is 8.08. The zero-order chi connectivity index (χ0) is 12.7. The largest absolute Gasteiger partial charge is 0.385 e. The second kappa shape index (κ2) is 6.80. The van der Waals surface area contributed by atoms with E-state index in [0.717, 1.165) is 18.4 Å². The van der Waals surface area contributed by atoms with Crippen molar-refractivity contribution < 1.29 is 5.11 Å². The summed E-state index contributed by atoms with van der Waals surface area (Å²) in [6.45, 7) is 6.24. The fraction of sp³-hybridized carbons (Fsp3) is 0.625. The van der Waals surface area contributed by atoms with Crippen LogP contribution < -0.4 is 0 Å². The molecule has 1 N–H and O–H groups in total. The minimum absolute atomic E-state index is 0.669. The van der Waals surface area contributed by atoms with Gasteiger partial charge in [-0.15, -0.1) is 0 Å². The molecular weight excluding hydrogens is 208 g/mol. The maximum atomic E-state index is 10.5. The molecular formula is C16H26O. The Balaban J connectivity index is 2.48. The van der Waals surface area contributed by atoms with Crippen molar-refractivity contribution in [2.75, 3.05) is 0 Å². The van der Waals surface area contributed by atoms with Crippen LogP contribution in [0.3, 0.4) is 0 Å². The summed E-state index contributed by atoms with van der Waals surface area (Å²) >= 11 is 0. The van der Waals surface area contributed by atoms with Crippen LogP contribution in [0.1, 0.15) is 63.5 Å². The van der Waals surface area contributed by atoms with E-state index in [0.29, 0.717) is 0 Å². The predicted octanol–water partition coefficient (Wildman–Crippen LogP) is 4.56. The second-order valence-electron chi connectivity index (χ2n) is 5.25. The quantitative estimate of drug-likeness (QED) is 0.685. The molecule has 0 aliphatic rings. The van der Waals surface area contributed by atoms with E-state index in [2.05, 4.69) is 19.9 Å². The maximum Gasteiger partial charge on any atom is 0.0871 e. The number of unbranched alkanes of at least 4 members (excludes halogenated alkanes) is 4. The Morgan fingerprint density at radius 3 is 2.35 bits per heavy atom. The average Bonchev–Trinajstić information content (AvgIpc) is 2.29. The van der Waals surface area contributed by atoms with Crippen LogP contribution in [-0.2, 0) is 5.60 Å². The molecule has 0 aliphatic carbocycles. The van der Waals surface area contributed by atoms with Gasteiger partial charge in [0.15, 0.2) is 0 Å². The van der Waals surface area contributed by atoms with Crippen LogP contribution >= 0.6 is 0 Å². The molecule has 96 valence electrons. The summed E-state index contributed by atoms with van der Waals surface area (Å²) in [5.41, 5.74) is 1.60. The highest BCUT2D eigenvalue weighted by atomic mass is 16.3. The molecule has 1 rings (SSSR count). The molecule has 1 unspecified atom stereocenters. The molecule has 17 heavy (non-hydrogen) atoms. The Morgan fingerprint density at radius 2 is 1.71 bits per heavy atom. The molecule has 0 spiro atoms. The molecule has 0 aromatic heterocycles. The molecule has 1 atom stereocenters. The summed E-state index contributed by atoms with van der Waals surface area (Å²) in [5, 5.41) is 10.5. The summed E-state index contributed by atoms with van der Waals surface area (Å²) in [4.78, 5) is 0. The van der Waals surface area contributed by atoms with Gasteiger partial charge < -0.3 is 5.11 Å². The monoisotopic (exact) mass is 234 g/mol. The number of aryl methyl sites for hydroxylation is 1. The molecule has 0 heterocycles. The minimum atomic E-state index is -0.669. The standard InChI is InChI=1S/C16H26O/c1-4-5-6-7-10-13-16(3,17)15-12-9-8-11-14(15)2/h8-9,11-12,17H,4-7,10,13H2,1-3H3. The normalized spacial score (nSPS) is 14.6. The van der Waals surface area contributed by atoms with Gasteiger partial charge >= 0.3 is 0 Å². The van der Waals surface area contributed by atoms with Crippen LogP contribution in [0.5, 0.6) is 0 Å². The molecule has 1 aromatic rings. The van der Waals surface area contributed by atoms with Crippen molar-refractivity contribution in [1.82, 2.24) is 0 Å². The summed E-state index contributed by atoms with van der Waals surface area (Å²) in [5.74, 6) is 0. The number of rotatable bonds is 7. The number of benzene rings is 1. The lowest BCUT2D eigenvalue weighted by Gasteiger charge is -2.25. The summed E-state index contributed by atoms with van der Waals surface area (Å²) in [6, 6.07) is 8.15. The molecule has 0 saturated heterocycles. The third-order valence-electron chi connectivity index (χ3n) is 3.49. The van der Waals surface area contributed by atoms with E-state index in [4.69, 9.17) is 0 Å². The smallest absolute Gasteiger partial charge is 0.0871 e. The van der Waals surface area contributed by atoms with Crippen LogP contribution in [0.4, 0.5) is 0 Å². The first kappa shape index (κ1) is 14.2. The van der Waals surface area contributed by atoms with Crippen molar-refractivity contribution in [3.05, 3.63) is 35.4 Å². The van der Waals surface area contributed by atoms with Crippen LogP contribution in [0.15, 0.2) is 24.3 Å². The summed E-state index contributed by atoms with van der Waals surface area (Å²) in [7, 11) is 0. The van der Waals surface area contributed by atoms with E-state index in [1.54, 1.807) is 0 Å². The van der Waals surface area contributed by atoms with Crippen LogP contribution in [0.25, 0.3) is 0 Å². The lowest BCUT2D eigenvalue weighted by molar-refractivity contribution is 0.0442. The molecule has 1 nitrogen and oxygen atoms in total. The molecule has 1 heteroatoms.